The van der Waals surface area contributed by atoms with E-state index in [1.165, 1.54) is 66.9 Å². The van der Waals surface area contributed by atoms with Gasteiger partial charge in [-0.15, -0.1) is 0 Å². The van der Waals surface area contributed by atoms with Crippen LogP contribution in [0.5, 0.6) is 0 Å². The Morgan fingerprint density at radius 1 is 0.933 bits per heavy atom. The molecule has 0 aliphatic carbocycles. The molecule has 1 aromatic rings. The van der Waals surface area contributed by atoms with Gasteiger partial charge >= 0.3 is 0 Å². The van der Waals surface area contributed by atoms with Gasteiger partial charge in [0.05, 0.1) is 13.7 Å². The minimum Gasteiger partial charge on any atom is -0.412 e. The van der Waals surface area contributed by atoms with Crippen LogP contribution in [0, 0.1) is 0 Å². The predicted octanol–water partition coefficient (Wildman–Crippen LogP) is 9.26. The second kappa shape index (κ2) is 12.4. The van der Waals surface area contributed by atoms with Crippen molar-refractivity contribution < 1.29 is 4.43 Å². The summed E-state index contributed by atoms with van der Waals surface area (Å²) in [6.07, 6.45) is 7.33. The molecule has 1 rings (SSSR count). The number of rotatable bonds is 14. The molecule has 0 aliphatic rings. The summed E-state index contributed by atoms with van der Waals surface area (Å²) in [6.45, 7) is 21.2. The maximum absolute atomic E-state index is 6.77. The summed E-state index contributed by atoms with van der Waals surface area (Å²) in [7, 11) is -2.71. The van der Waals surface area contributed by atoms with Gasteiger partial charge in [0.15, 0.2) is 8.32 Å². The second-order valence-electron chi connectivity index (χ2n) is 10.8. The average Bonchev–Trinajstić information content (AvgIpc) is 2.69. The monoisotopic (exact) mass is 446 g/mol. The van der Waals surface area contributed by atoms with Crippen LogP contribution in [0.1, 0.15) is 84.8 Å². The van der Waals surface area contributed by atoms with Crippen molar-refractivity contribution >= 4 is 22.0 Å². The zero-order valence-corrected chi connectivity index (χ0v) is 23.7. The summed E-state index contributed by atoms with van der Waals surface area (Å²) < 4.78 is 6.77. The molecule has 0 N–H and O–H groups in total. The molecule has 0 unspecified atom stereocenters. The molecule has 0 aliphatic heterocycles. The van der Waals surface area contributed by atoms with Gasteiger partial charge in [0.1, 0.15) is 0 Å². The quantitative estimate of drug-likeness (QED) is 0.204. The van der Waals surface area contributed by atoms with Crippen LogP contribution in [0.3, 0.4) is 0 Å². The molecule has 172 valence electrons. The van der Waals surface area contributed by atoms with Crippen LogP contribution in [0.15, 0.2) is 30.0 Å². The first-order valence-corrected chi connectivity index (χ1v) is 18.6. The van der Waals surface area contributed by atoms with E-state index < -0.39 is 16.4 Å². The van der Waals surface area contributed by atoms with E-state index in [0.717, 1.165) is 6.42 Å². The van der Waals surface area contributed by atoms with Crippen LogP contribution in [-0.4, -0.2) is 22.0 Å². The third kappa shape index (κ3) is 9.66. The van der Waals surface area contributed by atoms with Crippen LogP contribution in [0.25, 0.3) is 5.57 Å². The van der Waals surface area contributed by atoms with Gasteiger partial charge in [-0.25, -0.2) is 0 Å². The molecule has 3 heteroatoms. The number of unbranched alkanes of at least 4 members (excludes halogenated alkanes) is 2. The molecule has 0 saturated heterocycles. The lowest BCUT2D eigenvalue weighted by atomic mass is 9.97. The fraction of sp³-hybridized carbons (Fsp3) is 0.704. The van der Waals surface area contributed by atoms with Crippen LogP contribution in [0.4, 0.5) is 0 Å². The Morgan fingerprint density at radius 2 is 1.57 bits per heavy atom. The Kier molecular flexibility index (Phi) is 11.3. The molecule has 0 bridgehead atoms. The fourth-order valence-corrected chi connectivity index (χ4v) is 9.12. The first kappa shape index (κ1) is 27.4. The van der Waals surface area contributed by atoms with Crippen LogP contribution >= 0.6 is 0 Å². The molecule has 0 heterocycles. The number of hydrogen-bond donors (Lipinski definition) is 0. The summed E-state index contributed by atoms with van der Waals surface area (Å²) in [4.78, 5) is 0. The van der Waals surface area contributed by atoms with Crippen LogP contribution in [-0.2, 0) is 10.8 Å². The first-order chi connectivity index (χ1) is 14.0. The van der Waals surface area contributed by atoms with Crippen LogP contribution in [0.2, 0.25) is 37.8 Å². The highest BCUT2D eigenvalue weighted by molar-refractivity contribution is 6.81. The molecular weight excluding hydrogens is 396 g/mol. The van der Waals surface area contributed by atoms with E-state index in [0.29, 0.717) is 0 Å². The zero-order valence-electron chi connectivity index (χ0n) is 21.7. The Morgan fingerprint density at radius 3 is 2.10 bits per heavy atom. The van der Waals surface area contributed by atoms with E-state index in [1.807, 2.05) is 0 Å². The maximum atomic E-state index is 6.77. The molecule has 0 spiro atoms. The number of aryl methyl sites for hydroxylation is 1. The normalized spacial score (nSPS) is 13.7. The van der Waals surface area contributed by atoms with Gasteiger partial charge in [-0.3, -0.25) is 0 Å². The topological polar surface area (TPSA) is 9.23 Å². The van der Waals surface area contributed by atoms with Crippen molar-refractivity contribution in [1.82, 2.24) is 0 Å². The third-order valence-electron chi connectivity index (χ3n) is 6.46. The Hall–Kier alpha value is -0.646. The summed E-state index contributed by atoms with van der Waals surface area (Å²) >= 11 is 0. The number of allylic oxidation sites excluding steroid dienone is 1. The lowest BCUT2D eigenvalue weighted by Gasteiger charge is -2.38. The average molecular weight is 447 g/mol. The molecule has 1 aromatic carbocycles. The Bertz CT molecular complexity index is 643. The first-order valence-electron chi connectivity index (χ1n) is 12.5. The van der Waals surface area contributed by atoms with E-state index in [1.54, 1.807) is 0 Å². The van der Waals surface area contributed by atoms with Crippen molar-refractivity contribution in [2.45, 2.75) is 123 Å². The van der Waals surface area contributed by atoms with Crippen molar-refractivity contribution in [2.75, 3.05) is 0 Å². The van der Waals surface area contributed by atoms with Crippen molar-refractivity contribution in [3.05, 3.63) is 41.1 Å². The third-order valence-corrected chi connectivity index (χ3v) is 12.5. The summed E-state index contributed by atoms with van der Waals surface area (Å²) in [6, 6.07) is 13.0. The smallest absolute Gasteiger partial charge is 0.192 e. The highest BCUT2D eigenvalue weighted by atomic mass is 28.4. The fourth-order valence-electron chi connectivity index (χ4n) is 4.50. The second-order valence-corrected chi connectivity index (χ2v) is 20.5. The molecular formula is C27H50OSi2. The summed E-state index contributed by atoms with van der Waals surface area (Å²) in [5, 5.41) is 0. The standard InChI is InChI=1S/C27H50OSi2/c1-10-25(23-29(7,8)9)26-20-17-19-24(22-26)18-15-14-16-21-27(5,6)28-30(11-2,12-3)13-4/h17,19-20,22-23H,10-16,18,21H2,1-9H3/b25-23+. The van der Waals surface area contributed by atoms with Gasteiger partial charge in [0.25, 0.3) is 0 Å². The summed E-state index contributed by atoms with van der Waals surface area (Å²) in [5.74, 6) is 0. The van der Waals surface area contributed by atoms with Crippen molar-refractivity contribution in [1.29, 1.82) is 0 Å². The van der Waals surface area contributed by atoms with E-state index in [2.05, 4.69) is 91.1 Å². The van der Waals surface area contributed by atoms with E-state index in [9.17, 15) is 0 Å². The van der Waals surface area contributed by atoms with E-state index >= 15 is 0 Å². The van der Waals surface area contributed by atoms with Gasteiger partial charge in [-0.1, -0.05) is 90.1 Å². The highest BCUT2D eigenvalue weighted by Gasteiger charge is 2.35. The molecule has 1 nitrogen and oxygen atoms in total. The molecule has 0 atom stereocenters. The van der Waals surface area contributed by atoms with Gasteiger partial charge in [-0.05, 0) is 74.4 Å². The SMILES string of the molecule is CC/C(=C\[Si](C)(C)C)c1cccc(CCCCCC(C)(C)O[Si](CC)(CC)CC)c1. The number of hydrogen-bond acceptors (Lipinski definition) is 1. The molecule has 0 aromatic heterocycles. The number of benzene rings is 1. The molecule has 0 fully saturated rings. The summed E-state index contributed by atoms with van der Waals surface area (Å²) in [5.41, 5.74) is 7.07. The van der Waals surface area contributed by atoms with E-state index in [-0.39, 0.29) is 5.60 Å². The van der Waals surface area contributed by atoms with Gasteiger partial charge in [-0.2, -0.15) is 0 Å². The molecule has 0 amide bonds. The molecule has 0 radical (unpaired) electrons. The minimum atomic E-state index is -1.51. The molecule has 30 heavy (non-hydrogen) atoms. The predicted molar refractivity (Wildman–Crippen MR) is 143 cm³/mol. The van der Waals surface area contributed by atoms with Gasteiger partial charge in [0.2, 0.25) is 0 Å². The van der Waals surface area contributed by atoms with Gasteiger partial charge < -0.3 is 4.43 Å². The minimum absolute atomic E-state index is 0.0336. The Labute approximate surface area is 190 Å². The van der Waals surface area contributed by atoms with Crippen LogP contribution < -0.4 is 0 Å². The van der Waals surface area contributed by atoms with Crippen molar-refractivity contribution in [3.8, 4) is 0 Å². The Balaban J connectivity index is 2.56. The molecule has 0 saturated carbocycles. The van der Waals surface area contributed by atoms with Crippen molar-refractivity contribution in [3.63, 3.8) is 0 Å². The van der Waals surface area contributed by atoms with Gasteiger partial charge in [0, 0.05) is 0 Å². The van der Waals surface area contributed by atoms with E-state index in [4.69, 9.17) is 4.43 Å². The van der Waals surface area contributed by atoms with Crippen molar-refractivity contribution in [2.24, 2.45) is 0 Å². The maximum Gasteiger partial charge on any atom is 0.192 e. The highest BCUT2D eigenvalue weighted by Crippen LogP contribution is 2.31. The lowest BCUT2D eigenvalue weighted by Crippen LogP contribution is -2.44. The largest absolute Gasteiger partial charge is 0.412 e. The lowest BCUT2D eigenvalue weighted by molar-refractivity contribution is 0.0828. The zero-order chi connectivity index (χ0) is 22.8.